The monoisotopic (exact) mass is 313 g/mol. The van der Waals surface area contributed by atoms with Crippen LogP contribution in [0.15, 0.2) is 29.9 Å². The summed E-state index contributed by atoms with van der Waals surface area (Å²) < 4.78 is 0. The summed E-state index contributed by atoms with van der Waals surface area (Å²) in [6.45, 7) is 8.73. The van der Waals surface area contributed by atoms with Crippen molar-refractivity contribution in [3.63, 3.8) is 0 Å². The van der Waals surface area contributed by atoms with E-state index in [0.717, 1.165) is 30.5 Å². The van der Waals surface area contributed by atoms with Crippen molar-refractivity contribution >= 4 is 11.8 Å². The molecule has 0 aromatic heterocycles. The molecular formula is C21H31NO. The van der Waals surface area contributed by atoms with E-state index in [9.17, 15) is 5.11 Å². The standard InChI is InChI=1S/C21H31NO/c1-5-6-7-10-17-14-19-18(20(23)15-17)11-13-21(4,22-19)12-8-9-16(2)3/h9,11,13-15,22-23H,5-8,10,12H2,1-4H3. The van der Waals surface area contributed by atoms with Crippen LogP contribution >= 0.6 is 0 Å². The van der Waals surface area contributed by atoms with E-state index in [0.29, 0.717) is 5.75 Å². The average molecular weight is 313 g/mol. The fourth-order valence-electron chi connectivity index (χ4n) is 3.12. The molecule has 0 amide bonds. The van der Waals surface area contributed by atoms with Crippen molar-refractivity contribution in [2.75, 3.05) is 5.32 Å². The van der Waals surface area contributed by atoms with Crippen LogP contribution in [0.3, 0.4) is 0 Å². The third-order valence-corrected chi connectivity index (χ3v) is 4.54. The predicted molar refractivity (Wildman–Crippen MR) is 101 cm³/mol. The highest BCUT2D eigenvalue weighted by Crippen LogP contribution is 2.37. The Morgan fingerprint density at radius 1 is 1.26 bits per heavy atom. The highest BCUT2D eigenvalue weighted by molar-refractivity contribution is 5.77. The molecule has 1 aromatic rings. The number of aryl methyl sites for hydroxylation is 1. The zero-order valence-electron chi connectivity index (χ0n) is 15.1. The molecule has 1 aliphatic rings. The Kier molecular flexibility index (Phi) is 5.92. The van der Waals surface area contributed by atoms with Gasteiger partial charge in [0.2, 0.25) is 0 Å². The molecule has 0 fully saturated rings. The molecule has 0 saturated carbocycles. The molecule has 2 nitrogen and oxygen atoms in total. The lowest BCUT2D eigenvalue weighted by Gasteiger charge is -2.33. The highest BCUT2D eigenvalue weighted by Gasteiger charge is 2.25. The molecule has 1 heterocycles. The zero-order chi connectivity index (χ0) is 16.9. The molecular weight excluding hydrogens is 282 g/mol. The van der Waals surface area contributed by atoms with Gasteiger partial charge in [-0.1, -0.05) is 43.6 Å². The Hall–Kier alpha value is -1.70. The minimum Gasteiger partial charge on any atom is -0.507 e. The van der Waals surface area contributed by atoms with Crippen LogP contribution in [0.5, 0.6) is 5.75 Å². The van der Waals surface area contributed by atoms with E-state index in [1.807, 2.05) is 6.07 Å². The van der Waals surface area contributed by atoms with E-state index in [2.05, 4.69) is 57.3 Å². The predicted octanol–water partition coefficient (Wildman–Crippen LogP) is 6.07. The molecule has 126 valence electrons. The van der Waals surface area contributed by atoms with Crippen LogP contribution in [0.1, 0.15) is 70.9 Å². The van der Waals surface area contributed by atoms with Crippen molar-refractivity contribution in [2.24, 2.45) is 0 Å². The van der Waals surface area contributed by atoms with E-state index < -0.39 is 0 Å². The van der Waals surface area contributed by atoms with Crippen molar-refractivity contribution in [3.8, 4) is 5.75 Å². The lowest BCUT2D eigenvalue weighted by Crippen LogP contribution is -2.34. The topological polar surface area (TPSA) is 32.3 Å². The molecule has 1 aromatic carbocycles. The van der Waals surface area contributed by atoms with E-state index in [4.69, 9.17) is 0 Å². The number of hydrogen-bond acceptors (Lipinski definition) is 2. The Morgan fingerprint density at radius 2 is 2.04 bits per heavy atom. The number of nitrogens with one attached hydrogen (secondary N) is 1. The molecule has 0 saturated heterocycles. The van der Waals surface area contributed by atoms with Gasteiger partial charge in [-0.2, -0.15) is 0 Å². The average Bonchev–Trinajstić information content (AvgIpc) is 2.46. The van der Waals surface area contributed by atoms with Crippen LogP contribution in [0.2, 0.25) is 0 Å². The smallest absolute Gasteiger partial charge is 0.125 e. The third-order valence-electron chi connectivity index (χ3n) is 4.54. The Balaban J connectivity index is 2.13. The summed E-state index contributed by atoms with van der Waals surface area (Å²) in [5.41, 5.74) is 4.53. The van der Waals surface area contributed by atoms with Crippen LogP contribution < -0.4 is 5.32 Å². The SMILES string of the molecule is CCCCCc1cc(O)c2c(c1)NC(C)(CCC=C(C)C)C=C2. The summed E-state index contributed by atoms with van der Waals surface area (Å²) in [4.78, 5) is 0. The second-order valence-corrected chi connectivity index (χ2v) is 7.23. The fourth-order valence-corrected chi connectivity index (χ4v) is 3.12. The van der Waals surface area contributed by atoms with Crippen molar-refractivity contribution < 1.29 is 5.11 Å². The lowest BCUT2D eigenvalue weighted by molar-refractivity contribution is 0.472. The molecule has 0 aliphatic carbocycles. The van der Waals surface area contributed by atoms with E-state index in [-0.39, 0.29) is 5.54 Å². The van der Waals surface area contributed by atoms with Gasteiger partial charge in [0, 0.05) is 11.3 Å². The zero-order valence-corrected chi connectivity index (χ0v) is 15.1. The number of phenols is 1. The van der Waals surface area contributed by atoms with Gasteiger partial charge in [0.25, 0.3) is 0 Å². The Bertz CT molecular complexity index is 596. The molecule has 2 N–H and O–H groups in total. The first kappa shape index (κ1) is 17.7. The van der Waals surface area contributed by atoms with Gasteiger partial charge in [-0.15, -0.1) is 0 Å². The van der Waals surface area contributed by atoms with Crippen molar-refractivity contribution in [1.82, 2.24) is 0 Å². The number of anilines is 1. The molecule has 1 atom stereocenters. The number of hydrogen-bond donors (Lipinski definition) is 2. The first-order chi connectivity index (χ1) is 10.9. The van der Waals surface area contributed by atoms with Gasteiger partial charge >= 0.3 is 0 Å². The van der Waals surface area contributed by atoms with Crippen LogP contribution in [0.4, 0.5) is 5.69 Å². The molecule has 0 spiro atoms. The maximum atomic E-state index is 10.3. The minimum absolute atomic E-state index is 0.0482. The van der Waals surface area contributed by atoms with Gasteiger partial charge in [0.15, 0.2) is 0 Å². The quantitative estimate of drug-likeness (QED) is 0.473. The normalized spacial score (nSPS) is 19.1. The number of benzene rings is 1. The molecule has 0 bridgehead atoms. The van der Waals surface area contributed by atoms with Gasteiger partial charge in [0.05, 0.1) is 5.54 Å². The number of rotatable bonds is 7. The molecule has 0 radical (unpaired) electrons. The molecule has 2 heteroatoms. The van der Waals surface area contributed by atoms with Crippen LogP contribution in [0, 0.1) is 0 Å². The van der Waals surface area contributed by atoms with Gasteiger partial charge in [0.1, 0.15) is 5.75 Å². The van der Waals surface area contributed by atoms with E-state index in [1.165, 1.54) is 30.4 Å². The lowest BCUT2D eigenvalue weighted by atomic mass is 9.89. The molecule has 1 unspecified atom stereocenters. The number of fused-ring (bicyclic) bond motifs is 1. The summed E-state index contributed by atoms with van der Waals surface area (Å²) in [7, 11) is 0. The van der Waals surface area contributed by atoms with Gasteiger partial charge in [-0.05, 0) is 64.2 Å². The molecule has 23 heavy (non-hydrogen) atoms. The van der Waals surface area contributed by atoms with Gasteiger partial charge < -0.3 is 10.4 Å². The Labute approximate surface area is 141 Å². The summed E-state index contributed by atoms with van der Waals surface area (Å²) in [5, 5.41) is 14.0. The van der Waals surface area contributed by atoms with Crippen LogP contribution in [-0.2, 0) is 6.42 Å². The van der Waals surface area contributed by atoms with Gasteiger partial charge in [-0.3, -0.25) is 0 Å². The Morgan fingerprint density at radius 3 is 2.74 bits per heavy atom. The number of allylic oxidation sites excluding steroid dienone is 2. The second-order valence-electron chi connectivity index (χ2n) is 7.23. The maximum absolute atomic E-state index is 10.3. The molecule has 1 aliphatic heterocycles. The van der Waals surface area contributed by atoms with Crippen LogP contribution in [-0.4, -0.2) is 10.6 Å². The van der Waals surface area contributed by atoms with Crippen LogP contribution in [0.25, 0.3) is 6.08 Å². The molecule has 2 rings (SSSR count). The van der Waals surface area contributed by atoms with Crippen molar-refractivity contribution in [3.05, 3.63) is 41.0 Å². The summed E-state index contributed by atoms with van der Waals surface area (Å²) in [6, 6.07) is 4.14. The van der Waals surface area contributed by atoms with Crippen molar-refractivity contribution in [2.45, 2.75) is 71.8 Å². The fraction of sp³-hybridized carbons (Fsp3) is 0.524. The largest absolute Gasteiger partial charge is 0.507 e. The summed E-state index contributed by atoms with van der Waals surface area (Å²) >= 11 is 0. The minimum atomic E-state index is -0.0482. The van der Waals surface area contributed by atoms with Gasteiger partial charge in [-0.25, -0.2) is 0 Å². The first-order valence-electron chi connectivity index (χ1n) is 8.90. The highest BCUT2D eigenvalue weighted by atomic mass is 16.3. The second kappa shape index (κ2) is 7.72. The number of aromatic hydroxyl groups is 1. The number of unbranched alkanes of at least 4 members (excludes halogenated alkanes) is 2. The van der Waals surface area contributed by atoms with E-state index in [1.54, 1.807) is 0 Å². The first-order valence-corrected chi connectivity index (χ1v) is 8.90. The summed E-state index contributed by atoms with van der Waals surface area (Å²) in [6.07, 6.45) is 13.3. The number of phenolic OH excluding ortho intramolecular Hbond substituents is 1. The van der Waals surface area contributed by atoms with Crippen molar-refractivity contribution in [1.29, 1.82) is 0 Å². The van der Waals surface area contributed by atoms with E-state index >= 15 is 0 Å². The maximum Gasteiger partial charge on any atom is 0.125 e. The summed E-state index contributed by atoms with van der Waals surface area (Å²) in [5.74, 6) is 0.393. The third kappa shape index (κ3) is 4.89.